The molecule has 1 heterocycles. The maximum atomic E-state index is 12.2. The lowest BCUT2D eigenvalue weighted by molar-refractivity contribution is 0.0527. The topological polar surface area (TPSA) is 60.5 Å². The van der Waals surface area contributed by atoms with Crippen LogP contribution in [-0.4, -0.2) is 37.3 Å². The highest BCUT2D eigenvalue weighted by atomic mass is 79.9. The Morgan fingerprint density at radius 3 is 2.91 bits per heavy atom. The number of halogens is 1. The van der Waals surface area contributed by atoms with Gasteiger partial charge < -0.3 is 14.8 Å². The van der Waals surface area contributed by atoms with Crippen molar-refractivity contribution in [1.82, 2.24) is 4.98 Å². The number of hydrogen-bond donors (Lipinski definition) is 1. The molecule has 1 aromatic carbocycles. The van der Waals surface area contributed by atoms with Crippen molar-refractivity contribution < 1.29 is 14.3 Å². The van der Waals surface area contributed by atoms with E-state index in [2.05, 4.69) is 26.2 Å². The zero-order valence-corrected chi connectivity index (χ0v) is 14.4. The zero-order valence-electron chi connectivity index (χ0n) is 12.9. The number of carbonyl (C=O) groups excluding carboxylic acids is 1. The van der Waals surface area contributed by atoms with Crippen LogP contribution in [0.25, 0.3) is 10.9 Å². The van der Waals surface area contributed by atoms with Gasteiger partial charge in [-0.2, -0.15) is 0 Å². The first kappa shape index (κ1) is 16.7. The Morgan fingerprint density at radius 1 is 1.45 bits per heavy atom. The molecule has 0 spiro atoms. The van der Waals surface area contributed by atoms with E-state index in [0.717, 1.165) is 15.4 Å². The van der Waals surface area contributed by atoms with Crippen molar-refractivity contribution in [2.75, 3.05) is 25.6 Å². The maximum absolute atomic E-state index is 12.2. The number of pyridine rings is 1. The van der Waals surface area contributed by atoms with Gasteiger partial charge in [-0.25, -0.2) is 4.79 Å². The third-order valence-electron chi connectivity index (χ3n) is 3.29. The summed E-state index contributed by atoms with van der Waals surface area (Å²) < 4.78 is 11.3. The molecule has 118 valence electrons. The van der Waals surface area contributed by atoms with Gasteiger partial charge in [-0.3, -0.25) is 4.98 Å². The third-order valence-corrected chi connectivity index (χ3v) is 3.79. The molecule has 1 atom stereocenters. The summed E-state index contributed by atoms with van der Waals surface area (Å²) in [4.78, 5) is 16.5. The number of esters is 1. The van der Waals surface area contributed by atoms with Crippen LogP contribution in [0.2, 0.25) is 0 Å². The molecule has 1 N–H and O–H groups in total. The second-order valence-electron chi connectivity index (χ2n) is 4.86. The van der Waals surface area contributed by atoms with Gasteiger partial charge in [-0.15, -0.1) is 0 Å². The maximum Gasteiger partial charge on any atom is 0.341 e. The number of hydrogen-bond acceptors (Lipinski definition) is 5. The fourth-order valence-corrected chi connectivity index (χ4v) is 2.41. The van der Waals surface area contributed by atoms with E-state index in [9.17, 15) is 4.79 Å². The summed E-state index contributed by atoms with van der Waals surface area (Å²) in [7, 11) is 1.65. The number of fused-ring (bicyclic) bond motifs is 1. The number of ether oxygens (including phenoxy) is 2. The van der Waals surface area contributed by atoms with Crippen LogP contribution in [0.4, 0.5) is 5.69 Å². The smallest absolute Gasteiger partial charge is 0.341 e. The lowest BCUT2D eigenvalue weighted by Gasteiger charge is -2.16. The molecule has 0 aliphatic carbocycles. The van der Waals surface area contributed by atoms with Crippen LogP contribution >= 0.6 is 15.9 Å². The minimum absolute atomic E-state index is 0.0189. The molecule has 0 saturated carbocycles. The van der Waals surface area contributed by atoms with E-state index in [-0.39, 0.29) is 12.1 Å². The lowest BCUT2D eigenvalue weighted by Crippen LogP contribution is -2.20. The largest absolute Gasteiger partial charge is 0.462 e. The van der Waals surface area contributed by atoms with E-state index < -0.39 is 0 Å². The Kier molecular flexibility index (Phi) is 5.74. The summed E-state index contributed by atoms with van der Waals surface area (Å²) in [5.74, 6) is -0.385. The lowest BCUT2D eigenvalue weighted by atomic mass is 10.1. The number of methoxy groups -OCH3 is 1. The molecule has 0 saturated heterocycles. The van der Waals surface area contributed by atoms with E-state index in [4.69, 9.17) is 9.47 Å². The molecule has 0 radical (unpaired) electrons. The second kappa shape index (κ2) is 7.56. The van der Waals surface area contributed by atoms with E-state index in [0.29, 0.717) is 24.4 Å². The van der Waals surface area contributed by atoms with Gasteiger partial charge >= 0.3 is 5.97 Å². The number of benzene rings is 1. The third kappa shape index (κ3) is 3.75. The van der Waals surface area contributed by atoms with Gasteiger partial charge in [0, 0.05) is 29.7 Å². The number of aromatic nitrogens is 1. The van der Waals surface area contributed by atoms with Gasteiger partial charge in [0.1, 0.15) is 5.56 Å². The number of carbonyl (C=O) groups is 1. The Bertz CT molecular complexity index is 676. The van der Waals surface area contributed by atoms with E-state index in [1.165, 1.54) is 0 Å². The normalized spacial score (nSPS) is 12.2. The first-order valence-electron chi connectivity index (χ1n) is 7.08. The average Bonchev–Trinajstić information content (AvgIpc) is 2.52. The number of nitrogens with zero attached hydrogens (tertiary/aromatic N) is 1. The summed E-state index contributed by atoms with van der Waals surface area (Å²) >= 11 is 3.46. The minimum atomic E-state index is -0.385. The Balaban J connectivity index is 2.50. The molecule has 5 nitrogen and oxygen atoms in total. The molecule has 2 rings (SSSR count). The van der Waals surface area contributed by atoms with Gasteiger partial charge in [0.15, 0.2) is 0 Å². The van der Waals surface area contributed by atoms with E-state index in [1.54, 1.807) is 20.2 Å². The van der Waals surface area contributed by atoms with Crippen molar-refractivity contribution >= 4 is 38.5 Å². The van der Waals surface area contributed by atoms with Crippen molar-refractivity contribution in [3.63, 3.8) is 0 Å². The molecule has 0 aliphatic heterocycles. The molecule has 0 unspecified atom stereocenters. The van der Waals surface area contributed by atoms with Crippen LogP contribution < -0.4 is 5.32 Å². The van der Waals surface area contributed by atoms with Crippen molar-refractivity contribution in [1.29, 1.82) is 0 Å². The van der Waals surface area contributed by atoms with E-state index >= 15 is 0 Å². The molecule has 2 aromatic rings. The Morgan fingerprint density at radius 2 is 2.23 bits per heavy atom. The standard InChI is InChI=1S/C16H19BrN2O3/c1-4-22-16(20)13-9-18-14-6-5-11(17)7-12(14)15(13)19-8-10(2)21-3/h5-7,9-10H,4,8H2,1-3H3,(H,18,19)/t10-/m0/s1. The summed E-state index contributed by atoms with van der Waals surface area (Å²) in [6.07, 6.45) is 1.57. The SMILES string of the molecule is CCOC(=O)c1cnc2ccc(Br)cc2c1NC[C@H](C)OC. The number of anilines is 1. The first-order chi connectivity index (χ1) is 10.6. The predicted octanol–water partition coefficient (Wildman–Crippen LogP) is 3.62. The minimum Gasteiger partial charge on any atom is -0.462 e. The molecular weight excluding hydrogens is 348 g/mol. The van der Waals surface area contributed by atoms with Crippen LogP contribution in [0.15, 0.2) is 28.9 Å². The molecule has 0 fully saturated rings. The van der Waals surface area contributed by atoms with Crippen molar-refractivity contribution in [3.8, 4) is 0 Å². The number of rotatable bonds is 6. The fourth-order valence-electron chi connectivity index (χ4n) is 2.05. The molecule has 0 amide bonds. The van der Waals surface area contributed by atoms with Crippen LogP contribution in [0.1, 0.15) is 24.2 Å². The monoisotopic (exact) mass is 366 g/mol. The van der Waals surface area contributed by atoms with Crippen molar-refractivity contribution in [3.05, 3.63) is 34.4 Å². The highest BCUT2D eigenvalue weighted by molar-refractivity contribution is 9.10. The highest BCUT2D eigenvalue weighted by Crippen LogP contribution is 2.29. The summed E-state index contributed by atoms with van der Waals surface area (Å²) in [6.45, 7) is 4.64. The fraction of sp³-hybridized carbons (Fsp3) is 0.375. The van der Waals surface area contributed by atoms with Gasteiger partial charge in [-0.1, -0.05) is 15.9 Å². The van der Waals surface area contributed by atoms with E-state index in [1.807, 2.05) is 25.1 Å². The van der Waals surface area contributed by atoms with Crippen LogP contribution in [0, 0.1) is 0 Å². The zero-order chi connectivity index (χ0) is 16.1. The summed E-state index contributed by atoms with van der Waals surface area (Å²) in [6, 6.07) is 5.76. The summed E-state index contributed by atoms with van der Waals surface area (Å²) in [5.41, 5.74) is 1.95. The molecule has 6 heteroatoms. The van der Waals surface area contributed by atoms with Gasteiger partial charge in [0.25, 0.3) is 0 Å². The quantitative estimate of drug-likeness (QED) is 0.791. The number of nitrogens with one attached hydrogen (secondary N) is 1. The van der Waals surface area contributed by atoms with Crippen LogP contribution in [-0.2, 0) is 9.47 Å². The highest BCUT2D eigenvalue weighted by Gasteiger charge is 2.17. The molecule has 22 heavy (non-hydrogen) atoms. The van der Waals surface area contributed by atoms with Crippen LogP contribution in [0.3, 0.4) is 0 Å². The second-order valence-corrected chi connectivity index (χ2v) is 5.77. The van der Waals surface area contributed by atoms with Gasteiger partial charge in [0.05, 0.1) is 23.9 Å². The molecule has 0 bridgehead atoms. The average molecular weight is 367 g/mol. The summed E-state index contributed by atoms with van der Waals surface area (Å²) in [5, 5.41) is 4.15. The molecular formula is C16H19BrN2O3. The Labute approximate surface area is 138 Å². The van der Waals surface area contributed by atoms with Crippen molar-refractivity contribution in [2.45, 2.75) is 20.0 Å². The van der Waals surface area contributed by atoms with Crippen molar-refractivity contribution in [2.24, 2.45) is 0 Å². The van der Waals surface area contributed by atoms with Crippen LogP contribution in [0.5, 0.6) is 0 Å². The molecule has 0 aliphatic rings. The van der Waals surface area contributed by atoms with Gasteiger partial charge in [-0.05, 0) is 32.0 Å². The Hall–Kier alpha value is -1.66. The van der Waals surface area contributed by atoms with Gasteiger partial charge in [0.2, 0.25) is 0 Å². The predicted molar refractivity (Wildman–Crippen MR) is 90.4 cm³/mol. The first-order valence-corrected chi connectivity index (χ1v) is 7.88. The molecule has 1 aromatic heterocycles.